The molecule has 1 atom stereocenters. The fourth-order valence-electron chi connectivity index (χ4n) is 4.05. The molecule has 1 fully saturated rings. The van der Waals surface area contributed by atoms with Gasteiger partial charge in [0, 0.05) is 43.1 Å². The summed E-state index contributed by atoms with van der Waals surface area (Å²) in [6.45, 7) is 5.52. The number of ketones is 1. The van der Waals surface area contributed by atoms with Gasteiger partial charge in [0.05, 0.1) is 19.7 Å². The number of nitrogens with zero attached hydrogens (tertiary/aromatic N) is 3. The van der Waals surface area contributed by atoms with Crippen LogP contribution < -0.4 is 19.9 Å². The van der Waals surface area contributed by atoms with E-state index in [1.54, 1.807) is 11.9 Å². The van der Waals surface area contributed by atoms with Crippen molar-refractivity contribution in [3.8, 4) is 5.75 Å². The second-order valence-corrected chi connectivity index (χ2v) is 9.20. The highest BCUT2D eigenvalue weighted by atomic mass is 16.5. The minimum atomic E-state index is -0.0549. The van der Waals surface area contributed by atoms with Crippen LogP contribution >= 0.6 is 0 Å². The van der Waals surface area contributed by atoms with Crippen LogP contribution in [0.2, 0.25) is 0 Å². The Morgan fingerprint density at radius 2 is 1.76 bits per heavy atom. The van der Waals surface area contributed by atoms with E-state index < -0.39 is 0 Å². The van der Waals surface area contributed by atoms with Gasteiger partial charge in [-0.1, -0.05) is 13.3 Å². The van der Waals surface area contributed by atoms with E-state index in [0.717, 1.165) is 49.5 Å². The zero-order valence-corrected chi connectivity index (χ0v) is 20.9. The van der Waals surface area contributed by atoms with Crippen molar-refractivity contribution in [2.45, 2.75) is 32.2 Å². The van der Waals surface area contributed by atoms with Gasteiger partial charge in [-0.3, -0.25) is 9.59 Å². The summed E-state index contributed by atoms with van der Waals surface area (Å²) in [4.78, 5) is 30.7. The quantitative estimate of drug-likeness (QED) is 0.484. The van der Waals surface area contributed by atoms with E-state index in [1.807, 2.05) is 55.4 Å². The molecule has 3 rings (SSSR count). The number of anilines is 2. The number of amides is 1. The predicted octanol–water partition coefficient (Wildman–Crippen LogP) is 3.44. The maximum atomic E-state index is 12.9. The molecule has 2 aromatic carbocycles. The SMILES string of the molecule is CCCCOc1ccc(C(=O)N(C)c2ccc(N3CC[C@@H](NCC(=O)CN(C)C)C3)cc2)cc1. The number of hydrogen-bond donors (Lipinski definition) is 1. The Morgan fingerprint density at radius 3 is 2.41 bits per heavy atom. The van der Waals surface area contributed by atoms with Crippen molar-refractivity contribution in [3.05, 3.63) is 54.1 Å². The second kappa shape index (κ2) is 12.5. The summed E-state index contributed by atoms with van der Waals surface area (Å²) >= 11 is 0. The Balaban J connectivity index is 1.51. The molecule has 0 bridgehead atoms. The maximum Gasteiger partial charge on any atom is 0.258 e. The topological polar surface area (TPSA) is 65.1 Å². The van der Waals surface area contributed by atoms with Crippen molar-refractivity contribution in [2.24, 2.45) is 0 Å². The van der Waals surface area contributed by atoms with Crippen molar-refractivity contribution >= 4 is 23.1 Å². The van der Waals surface area contributed by atoms with Crippen molar-refractivity contribution in [1.29, 1.82) is 0 Å². The smallest absolute Gasteiger partial charge is 0.258 e. The Morgan fingerprint density at radius 1 is 1.06 bits per heavy atom. The summed E-state index contributed by atoms with van der Waals surface area (Å²) in [5, 5.41) is 3.39. The second-order valence-electron chi connectivity index (χ2n) is 9.20. The third-order valence-corrected chi connectivity index (χ3v) is 6.04. The molecule has 184 valence electrons. The van der Waals surface area contributed by atoms with E-state index in [2.05, 4.69) is 29.3 Å². The van der Waals surface area contributed by atoms with Crippen molar-refractivity contribution in [2.75, 3.05) is 63.7 Å². The molecule has 7 nitrogen and oxygen atoms in total. The first-order valence-electron chi connectivity index (χ1n) is 12.1. The molecular formula is C27H38N4O3. The van der Waals surface area contributed by atoms with Gasteiger partial charge in [0.25, 0.3) is 5.91 Å². The number of hydrogen-bond acceptors (Lipinski definition) is 6. The number of carbonyl (C=O) groups excluding carboxylic acids is 2. The fourth-order valence-corrected chi connectivity index (χ4v) is 4.05. The molecule has 0 spiro atoms. The third-order valence-electron chi connectivity index (χ3n) is 6.04. The number of ether oxygens (including phenoxy) is 1. The van der Waals surface area contributed by atoms with E-state index in [9.17, 15) is 9.59 Å². The van der Waals surface area contributed by atoms with Crippen LogP contribution in [0.4, 0.5) is 11.4 Å². The standard InChI is InChI=1S/C27H38N4O3/c1-5-6-17-34-26-13-7-21(8-14-26)27(33)30(4)23-9-11-24(12-10-23)31-16-15-22(19-31)28-18-25(32)20-29(2)3/h7-14,22,28H,5-6,15-20H2,1-4H3/t22-/m1/s1. The minimum absolute atomic E-state index is 0.0549. The third kappa shape index (κ3) is 7.30. The number of benzene rings is 2. The van der Waals surface area contributed by atoms with E-state index in [0.29, 0.717) is 31.3 Å². The van der Waals surface area contributed by atoms with Gasteiger partial charge in [0.15, 0.2) is 5.78 Å². The molecule has 0 saturated carbocycles. The lowest BCUT2D eigenvalue weighted by Gasteiger charge is -2.22. The summed E-state index contributed by atoms with van der Waals surface area (Å²) in [7, 11) is 5.61. The first-order valence-corrected chi connectivity index (χ1v) is 12.1. The van der Waals surface area contributed by atoms with E-state index in [1.165, 1.54) is 0 Å². The summed E-state index contributed by atoms with van der Waals surface area (Å²) < 4.78 is 5.69. The Bertz CT molecular complexity index is 928. The Labute approximate surface area is 203 Å². The average Bonchev–Trinajstić information content (AvgIpc) is 3.31. The minimum Gasteiger partial charge on any atom is -0.494 e. The molecule has 1 N–H and O–H groups in total. The molecule has 1 aliphatic rings. The molecule has 0 radical (unpaired) electrons. The first kappa shape index (κ1) is 25.7. The van der Waals surface area contributed by atoms with Crippen LogP contribution in [-0.2, 0) is 4.79 Å². The molecule has 7 heteroatoms. The molecule has 0 unspecified atom stereocenters. The fraction of sp³-hybridized carbons (Fsp3) is 0.481. The molecule has 0 aromatic heterocycles. The molecule has 2 aromatic rings. The zero-order valence-electron chi connectivity index (χ0n) is 20.9. The summed E-state index contributed by atoms with van der Waals surface area (Å²) in [5.74, 6) is 0.942. The van der Waals surface area contributed by atoms with Gasteiger partial charge < -0.3 is 24.8 Å². The van der Waals surface area contributed by atoms with Gasteiger partial charge in [0.2, 0.25) is 0 Å². The molecule has 34 heavy (non-hydrogen) atoms. The van der Waals surface area contributed by atoms with Crippen LogP contribution in [0.1, 0.15) is 36.5 Å². The largest absolute Gasteiger partial charge is 0.494 e. The van der Waals surface area contributed by atoms with Gasteiger partial charge in [-0.15, -0.1) is 0 Å². The number of nitrogens with one attached hydrogen (secondary N) is 1. The van der Waals surface area contributed by atoms with Crippen molar-refractivity contribution in [1.82, 2.24) is 10.2 Å². The van der Waals surface area contributed by atoms with Gasteiger partial charge >= 0.3 is 0 Å². The van der Waals surface area contributed by atoms with Crippen LogP contribution in [0.5, 0.6) is 5.75 Å². The summed E-state index contributed by atoms with van der Waals surface area (Å²) in [6, 6.07) is 15.7. The first-order chi connectivity index (χ1) is 16.4. The number of carbonyl (C=O) groups is 2. The number of unbranched alkanes of at least 4 members (excludes halogenated alkanes) is 1. The molecule has 0 aliphatic carbocycles. The zero-order chi connectivity index (χ0) is 24.5. The van der Waals surface area contributed by atoms with Gasteiger partial charge in [-0.25, -0.2) is 0 Å². The van der Waals surface area contributed by atoms with Crippen molar-refractivity contribution in [3.63, 3.8) is 0 Å². The van der Waals surface area contributed by atoms with Crippen LogP contribution in [0, 0.1) is 0 Å². The highest BCUT2D eigenvalue weighted by Gasteiger charge is 2.23. The lowest BCUT2D eigenvalue weighted by molar-refractivity contribution is -0.118. The normalized spacial score (nSPS) is 15.6. The molecule has 1 saturated heterocycles. The lowest BCUT2D eigenvalue weighted by Crippen LogP contribution is -2.38. The molecule has 1 aliphatic heterocycles. The Kier molecular flexibility index (Phi) is 9.48. The van der Waals surface area contributed by atoms with Crippen LogP contribution in [0.15, 0.2) is 48.5 Å². The molecule has 1 amide bonds. The number of likely N-dealkylation sites (N-methyl/N-ethyl adjacent to an activating group) is 1. The van der Waals surface area contributed by atoms with Gasteiger partial charge in [0.1, 0.15) is 5.75 Å². The lowest BCUT2D eigenvalue weighted by atomic mass is 10.1. The van der Waals surface area contributed by atoms with Crippen molar-refractivity contribution < 1.29 is 14.3 Å². The molecular weight excluding hydrogens is 428 g/mol. The summed E-state index contributed by atoms with van der Waals surface area (Å²) in [6.07, 6.45) is 3.12. The highest BCUT2D eigenvalue weighted by Crippen LogP contribution is 2.25. The van der Waals surface area contributed by atoms with Crippen LogP contribution in [0.3, 0.4) is 0 Å². The monoisotopic (exact) mass is 466 g/mol. The number of rotatable bonds is 12. The van der Waals surface area contributed by atoms with Crippen LogP contribution in [-0.4, -0.2) is 76.6 Å². The highest BCUT2D eigenvalue weighted by molar-refractivity contribution is 6.05. The summed E-state index contributed by atoms with van der Waals surface area (Å²) in [5.41, 5.74) is 2.61. The number of Topliss-reactive ketones (excluding diaryl/α,β-unsaturated/α-hetero) is 1. The van der Waals surface area contributed by atoms with E-state index >= 15 is 0 Å². The predicted molar refractivity (Wildman–Crippen MR) is 138 cm³/mol. The van der Waals surface area contributed by atoms with Gasteiger partial charge in [-0.2, -0.15) is 0 Å². The van der Waals surface area contributed by atoms with Gasteiger partial charge in [-0.05, 0) is 75.5 Å². The average molecular weight is 467 g/mol. The van der Waals surface area contributed by atoms with E-state index in [-0.39, 0.29) is 11.7 Å². The van der Waals surface area contributed by atoms with Crippen LogP contribution in [0.25, 0.3) is 0 Å². The van der Waals surface area contributed by atoms with E-state index in [4.69, 9.17) is 4.74 Å². The Hall–Kier alpha value is -2.90. The maximum absolute atomic E-state index is 12.9. The molecule has 1 heterocycles.